The highest BCUT2D eigenvalue weighted by Gasteiger charge is 2.43. The first-order chi connectivity index (χ1) is 9.26. The van der Waals surface area contributed by atoms with Crippen LogP contribution in [0.4, 0.5) is 4.79 Å². The lowest BCUT2D eigenvalue weighted by molar-refractivity contribution is -0.124. The van der Waals surface area contributed by atoms with E-state index in [1.165, 1.54) is 4.90 Å². The smallest absolute Gasteiger partial charge is 0.390 e. The SMILES string of the molecule is O=C1CCN([C@H]2C[C@H](O)[C@@H](CO[P+](O)(O)O)O2)C(=O)N1. The van der Waals surface area contributed by atoms with Crippen molar-refractivity contribution in [2.24, 2.45) is 0 Å². The van der Waals surface area contributed by atoms with Gasteiger partial charge in [0.15, 0.2) is 0 Å². The van der Waals surface area contributed by atoms with Gasteiger partial charge in [0, 0.05) is 19.4 Å². The van der Waals surface area contributed by atoms with Crippen LogP contribution in [0, 0.1) is 0 Å². The third kappa shape index (κ3) is 3.83. The zero-order valence-electron chi connectivity index (χ0n) is 10.4. The molecule has 2 rings (SSSR count). The van der Waals surface area contributed by atoms with Crippen LogP contribution in [-0.4, -0.2) is 68.2 Å². The van der Waals surface area contributed by atoms with Crippen LogP contribution in [0.15, 0.2) is 0 Å². The summed E-state index contributed by atoms with van der Waals surface area (Å²) in [5, 5.41) is 11.9. The summed E-state index contributed by atoms with van der Waals surface area (Å²) in [5.41, 5.74) is 0. The van der Waals surface area contributed by atoms with Gasteiger partial charge >= 0.3 is 14.2 Å². The predicted octanol–water partition coefficient (Wildman–Crippen LogP) is -1.92. The molecule has 2 heterocycles. The number of nitrogens with one attached hydrogen (secondary N) is 1. The highest BCUT2D eigenvalue weighted by molar-refractivity contribution is 7.53. The summed E-state index contributed by atoms with van der Waals surface area (Å²) < 4.78 is 9.76. The number of hydrogen-bond acceptors (Lipinski definition) is 8. The van der Waals surface area contributed by atoms with Crippen molar-refractivity contribution in [3.05, 3.63) is 0 Å². The minimum Gasteiger partial charge on any atom is -0.390 e. The van der Waals surface area contributed by atoms with Crippen molar-refractivity contribution in [3.63, 3.8) is 0 Å². The number of hydrogen-bond donors (Lipinski definition) is 5. The molecular formula is C9H16N2O8P+. The van der Waals surface area contributed by atoms with Crippen molar-refractivity contribution < 1.29 is 38.6 Å². The Hall–Kier alpha value is -0.870. The number of urea groups is 1. The van der Waals surface area contributed by atoms with Crippen LogP contribution in [-0.2, 0) is 14.1 Å². The van der Waals surface area contributed by atoms with Gasteiger partial charge < -0.3 is 9.84 Å². The van der Waals surface area contributed by atoms with Gasteiger partial charge in [-0.3, -0.25) is 15.0 Å². The normalized spacial score (nSPS) is 31.6. The third-order valence-corrected chi connectivity index (χ3v) is 3.55. The molecule has 11 heteroatoms. The van der Waals surface area contributed by atoms with Crippen LogP contribution in [0.5, 0.6) is 0 Å². The minimum absolute atomic E-state index is 0.101. The van der Waals surface area contributed by atoms with Crippen LogP contribution in [0.2, 0.25) is 0 Å². The standard InChI is InChI=1S/C9H15N2O8P/c12-5-3-8(11-2-1-7(13)10-9(11)14)19-6(5)4-18-20(15,16)17/h5-6,8,12,15-17H,1-4H2/p+1/t5-,6+,8+/m0/s1. The lowest BCUT2D eigenvalue weighted by Crippen LogP contribution is -2.53. The van der Waals surface area contributed by atoms with Crippen LogP contribution in [0.3, 0.4) is 0 Å². The summed E-state index contributed by atoms with van der Waals surface area (Å²) in [6.07, 6.45) is -2.39. The Balaban J connectivity index is 1.90. The Bertz CT molecular complexity index is 400. The van der Waals surface area contributed by atoms with E-state index in [1.807, 2.05) is 0 Å². The van der Waals surface area contributed by atoms with Gasteiger partial charge in [-0.05, 0) is 0 Å². The quantitative estimate of drug-likeness (QED) is 0.377. The maximum Gasteiger partial charge on any atom is 0.567 e. The van der Waals surface area contributed by atoms with E-state index in [0.717, 1.165) is 0 Å². The van der Waals surface area contributed by atoms with Crippen LogP contribution in [0.25, 0.3) is 0 Å². The van der Waals surface area contributed by atoms with E-state index in [1.54, 1.807) is 0 Å². The maximum absolute atomic E-state index is 11.6. The van der Waals surface area contributed by atoms with Gasteiger partial charge in [0.25, 0.3) is 0 Å². The van der Waals surface area contributed by atoms with Gasteiger partial charge in [-0.15, -0.1) is 0 Å². The summed E-state index contributed by atoms with van der Waals surface area (Å²) in [5.74, 6) is -0.375. The van der Waals surface area contributed by atoms with Crippen molar-refractivity contribution in [2.75, 3.05) is 13.2 Å². The fourth-order valence-corrected chi connectivity index (χ4v) is 2.43. The number of amides is 3. The molecule has 10 nitrogen and oxygen atoms in total. The van der Waals surface area contributed by atoms with Crippen LogP contribution < -0.4 is 5.32 Å². The van der Waals surface area contributed by atoms with E-state index >= 15 is 0 Å². The first kappa shape index (κ1) is 15.5. The molecule has 0 saturated carbocycles. The third-order valence-electron chi connectivity index (χ3n) is 3.05. The summed E-state index contributed by atoms with van der Waals surface area (Å²) in [6, 6.07) is -0.603. The van der Waals surface area contributed by atoms with E-state index in [0.29, 0.717) is 0 Å². The number of rotatable bonds is 4. The van der Waals surface area contributed by atoms with E-state index in [2.05, 4.69) is 9.84 Å². The van der Waals surface area contributed by atoms with Gasteiger partial charge in [-0.1, -0.05) is 0 Å². The molecule has 3 atom stereocenters. The number of nitrogens with zero attached hydrogens (tertiary/aromatic N) is 1. The van der Waals surface area contributed by atoms with Gasteiger partial charge in [0.2, 0.25) is 5.91 Å². The molecule has 0 bridgehead atoms. The van der Waals surface area contributed by atoms with Gasteiger partial charge in [0.05, 0.1) is 6.10 Å². The number of carbonyl (C=O) groups excluding carboxylic acids is 2. The van der Waals surface area contributed by atoms with Gasteiger partial charge in [-0.2, -0.15) is 19.2 Å². The van der Waals surface area contributed by atoms with Crippen molar-refractivity contribution in [3.8, 4) is 0 Å². The highest BCUT2D eigenvalue weighted by atomic mass is 31.2. The summed E-state index contributed by atoms with van der Waals surface area (Å²) in [6.45, 7) is -0.254. The first-order valence-electron chi connectivity index (χ1n) is 5.92. The molecule has 0 aromatic rings. The second-order valence-corrected chi connectivity index (χ2v) is 5.82. The molecular weight excluding hydrogens is 295 g/mol. The highest BCUT2D eigenvalue weighted by Crippen LogP contribution is 2.46. The Kier molecular flexibility index (Phi) is 4.55. The molecule has 0 unspecified atom stereocenters. The van der Waals surface area contributed by atoms with Crippen molar-refractivity contribution in [1.29, 1.82) is 0 Å². The van der Waals surface area contributed by atoms with Crippen molar-refractivity contribution in [2.45, 2.75) is 31.3 Å². The number of imide groups is 1. The zero-order chi connectivity index (χ0) is 14.9. The molecule has 0 radical (unpaired) electrons. The van der Waals surface area contributed by atoms with Crippen molar-refractivity contribution >= 4 is 20.1 Å². The number of aliphatic hydroxyl groups is 1. The summed E-state index contributed by atoms with van der Waals surface area (Å²) >= 11 is 0. The van der Waals surface area contributed by atoms with E-state index in [4.69, 9.17) is 19.4 Å². The second kappa shape index (κ2) is 5.86. The Morgan fingerprint density at radius 2 is 2.10 bits per heavy atom. The molecule has 2 fully saturated rings. The lowest BCUT2D eigenvalue weighted by Gasteiger charge is -2.31. The van der Waals surface area contributed by atoms with Crippen LogP contribution in [0.1, 0.15) is 12.8 Å². The average Bonchev–Trinajstić information content (AvgIpc) is 2.67. The molecule has 0 aromatic heterocycles. The molecule has 114 valence electrons. The largest absolute Gasteiger partial charge is 0.567 e. The topological polar surface area (TPSA) is 149 Å². The Labute approximate surface area is 114 Å². The zero-order valence-corrected chi connectivity index (χ0v) is 11.3. The average molecular weight is 311 g/mol. The molecule has 2 aliphatic heterocycles. The number of ether oxygens (including phenoxy) is 1. The maximum atomic E-state index is 11.6. The fourth-order valence-electron chi connectivity index (χ4n) is 2.08. The minimum atomic E-state index is -4.40. The lowest BCUT2D eigenvalue weighted by atomic mass is 10.2. The molecule has 5 N–H and O–H groups in total. The monoisotopic (exact) mass is 311 g/mol. The first-order valence-corrected chi connectivity index (χ1v) is 7.48. The van der Waals surface area contributed by atoms with E-state index in [9.17, 15) is 14.7 Å². The Morgan fingerprint density at radius 1 is 1.40 bits per heavy atom. The molecule has 0 aromatic carbocycles. The molecule has 3 amide bonds. The molecule has 2 aliphatic rings. The van der Waals surface area contributed by atoms with E-state index in [-0.39, 0.29) is 25.3 Å². The van der Waals surface area contributed by atoms with Gasteiger partial charge in [-0.25, -0.2) is 4.79 Å². The predicted molar refractivity (Wildman–Crippen MR) is 63.7 cm³/mol. The number of carbonyl (C=O) groups is 2. The molecule has 0 spiro atoms. The molecule has 0 aliphatic carbocycles. The second-order valence-electron chi connectivity index (χ2n) is 4.54. The number of aliphatic hydroxyl groups excluding tert-OH is 1. The summed E-state index contributed by atoms with van der Waals surface area (Å²) in [4.78, 5) is 50.0. The van der Waals surface area contributed by atoms with E-state index < -0.39 is 39.2 Å². The van der Waals surface area contributed by atoms with Crippen LogP contribution >= 0.6 is 8.17 Å². The van der Waals surface area contributed by atoms with Crippen molar-refractivity contribution in [1.82, 2.24) is 10.2 Å². The summed E-state index contributed by atoms with van der Waals surface area (Å²) in [7, 11) is -4.40. The molecule has 20 heavy (non-hydrogen) atoms. The van der Waals surface area contributed by atoms with Gasteiger partial charge in [0.1, 0.15) is 18.9 Å². The fraction of sp³-hybridized carbons (Fsp3) is 0.778. The Morgan fingerprint density at radius 3 is 2.70 bits per heavy atom. The molecule has 2 saturated heterocycles.